The minimum Gasteiger partial charge on any atom is -0.479 e. The largest absolute Gasteiger partial charge is 0.479 e. The van der Waals surface area contributed by atoms with E-state index in [1.165, 1.54) is 0 Å². The molecule has 25 heavy (non-hydrogen) atoms. The average Bonchev–Trinajstić information content (AvgIpc) is 2.80. The van der Waals surface area contributed by atoms with Crippen LogP contribution in [0.3, 0.4) is 0 Å². The molecular formula is C20H26O5. The van der Waals surface area contributed by atoms with Crippen LogP contribution in [0.25, 0.3) is 0 Å². The maximum atomic E-state index is 13.2. The lowest BCUT2D eigenvalue weighted by molar-refractivity contribution is -0.183. The number of aliphatic hydroxyl groups is 1. The van der Waals surface area contributed by atoms with E-state index < -0.39 is 17.0 Å². The lowest BCUT2D eigenvalue weighted by Crippen LogP contribution is -2.60. The topological polar surface area (TPSA) is 91.7 Å². The van der Waals surface area contributed by atoms with E-state index in [0.29, 0.717) is 19.3 Å². The lowest BCUT2D eigenvalue weighted by Gasteiger charge is -2.57. The first-order chi connectivity index (χ1) is 11.6. The predicted molar refractivity (Wildman–Crippen MR) is 89.7 cm³/mol. The molecule has 4 aliphatic rings. The molecule has 6 atom stereocenters. The molecule has 0 amide bonds. The molecule has 4 rings (SSSR count). The number of fused-ring (bicyclic) bond motifs is 5. The Balaban J connectivity index is 1.77. The van der Waals surface area contributed by atoms with Crippen LogP contribution in [0.4, 0.5) is 0 Å². The molecule has 136 valence electrons. The number of carbonyl (C=O) groups is 3. The molecule has 6 unspecified atom stereocenters. The van der Waals surface area contributed by atoms with Gasteiger partial charge in [0.2, 0.25) is 0 Å². The van der Waals surface area contributed by atoms with Crippen molar-refractivity contribution >= 4 is 17.5 Å². The summed E-state index contributed by atoms with van der Waals surface area (Å²) in [6, 6.07) is 0. The lowest BCUT2D eigenvalue weighted by atomic mass is 9.46. The van der Waals surface area contributed by atoms with Crippen molar-refractivity contribution in [1.82, 2.24) is 0 Å². The number of ketones is 2. The third-order valence-electron chi connectivity index (χ3n) is 8.16. The van der Waals surface area contributed by atoms with Crippen LogP contribution in [-0.4, -0.2) is 33.3 Å². The quantitative estimate of drug-likeness (QED) is 0.761. The molecule has 2 N–H and O–H groups in total. The van der Waals surface area contributed by atoms with Gasteiger partial charge in [-0.15, -0.1) is 0 Å². The summed E-state index contributed by atoms with van der Waals surface area (Å²) in [5.74, 6) is -0.959. The first-order valence-electron chi connectivity index (χ1n) is 9.36. The Kier molecular flexibility index (Phi) is 3.41. The van der Waals surface area contributed by atoms with Gasteiger partial charge in [0.15, 0.2) is 11.4 Å². The van der Waals surface area contributed by atoms with Crippen molar-refractivity contribution in [2.24, 2.45) is 28.6 Å². The normalized spacial score (nSPS) is 49.1. The number of rotatable bonds is 1. The average molecular weight is 346 g/mol. The van der Waals surface area contributed by atoms with Crippen molar-refractivity contribution in [2.75, 3.05) is 0 Å². The highest BCUT2D eigenvalue weighted by Gasteiger charge is 2.68. The first-order valence-corrected chi connectivity index (χ1v) is 9.36. The van der Waals surface area contributed by atoms with E-state index in [9.17, 15) is 24.6 Å². The second kappa shape index (κ2) is 5.03. The van der Waals surface area contributed by atoms with Crippen LogP contribution in [0.2, 0.25) is 0 Å². The van der Waals surface area contributed by atoms with E-state index >= 15 is 0 Å². The number of hydrogen-bond acceptors (Lipinski definition) is 4. The van der Waals surface area contributed by atoms with Crippen LogP contribution in [0.15, 0.2) is 11.6 Å². The van der Waals surface area contributed by atoms with E-state index in [2.05, 4.69) is 6.92 Å². The molecule has 3 fully saturated rings. The molecular weight excluding hydrogens is 320 g/mol. The Labute approximate surface area is 147 Å². The highest BCUT2D eigenvalue weighted by molar-refractivity contribution is 5.93. The van der Waals surface area contributed by atoms with E-state index in [0.717, 1.165) is 18.4 Å². The fourth-order valence-electron chi connectivity index (χ4n) is 6.74. The molecule has 3 saturated carbocycles. The number of carbonyl (C=O) groups excluding carboxylic acids is 2. The van der Waals surface area contributed by atoms with Crippen LogP contribution in [0.5, 0.6) is 0 Å². The molecule has 0 aromatic carbocycles. The zero-order valence-corrected chi connectivity index (χ0v) is 14.9. The minimum absolute atomic E-state index is 0.0484. The van der Waals surface area contributed by atoms with Gasteiger partial charge in [-0.05, 0) is 55.4 Å². The highest BCUT2D eigenvalue weighted by Crippen LogP contribution is 2.66. The van der Waals surface area contributed by atoms with Gasteiger partial charge in [0.1, 0.15) is 5.78 Å². The van der Waals surface area contributed by atoms with Gasteiger partial charge in [0, 0.05) is 24.2 Å². The third kappa shape index (κ3) is 1.96. The maximum absolute atomic E-state index is 13.2. The standard InChI is InChI=1S/C20H26O5/c1-18-7-5-12(21)9-11(18)3-4-13-14-6-8-20(25,17(23)24)19(14,2)10-15(22)16(13)18/h9,13-14,16,25H,3-8,10H2,1-2H3,(H,23,24). The Hall–Kier alpha value is -1.49. The molecule has 0 heterocycles. The summed E-state index contributed by atoms with van der Waals surface area (Å²) in [6.45, 7) is 3.91. The van der Waals surface area contributed by atoms with Crippen LogP contribution in [0, 0.1) is 28.6 Å². The second-order valence-corrected chi connectivity index (χ2v) is 9.10. The summed E-state index contributed by atoms with van der Waals surface area (Å²) >= 11 is 0. The van der Waals surface area contributed by atoms with Gasteiger partial charge < -0.3 is 10.2 Å². The number of carboxylic acids is 1. The highest BCUT2D eigenvalue weighted by atomic mass is 16.4. The fourth-order valence-corrected chi connectivity index (χ4v) is 6.74. The molecule has 0 aromatic rings. The smallest absolute Gasteiger partial charge is 0.336 e. The van der Waals surface area contributed by atoms with Crippen LogP contribution >= 0.6 is 0 Å². The summed E-state index contributed by atoms with van der Waals surface area (Å²) in [5, 5.41) is 20.5. The van der Waals surface area contributed by atoms with Gasteiger partial charge >= 0.3 is 5.97 Å². The number of carboxylic acid groups (broad SMARTS) is 1. The molecule has 0 aromatic heterocycles. The van der Waals surface area contributed by atoms with Gasteiger partial charge in [0.25, 0.3) is 0 Å². The Morgan fingerprint density at radius 2 is 1.88 bits per heavy atom. The summed E-state index contributed by atoms with van der Waals surface area (Å²) in [6.07, 6.45) is 5.55. The van der Waals surface area contributed by atoms with Crippen molar-refractivity contribution < 1.29 is 24.6 Å². The van der Waals surface area contributed by atoms with Crippen LogP contribution in [-0.2, 0) is 14.4 Å². The molecule has 5 heteroatoms. The summed E-state index contributed by atoms with van der Waals surface area (Å²) in [7, 11) is 0. The zero-order valence-electron chi connectivity index (χ0n) is 14.9. The van der Waals surface area contributed by atoms with Crippen molar-refractivity contribution in [3.05, 3.63) is 11.6 Å². The Morgan fingerprint density at radius 1 is 1.16 bits per heavy atom. The number of Topliss-reactive ketones (excluding diaryl/α,β-unsaturated/α-hetero) is 1. The van der Waals surface area contributed by atoms with Crippen molar-refractivity contribution in [1.29, 1.82) is 0 Å². The van der Waals surface area contributed by atoms with Crippen molar-refractivity contribution in [3.8, 4) is 0 Å². The van der Waals surface area contributed by atoms with Gasteiger partial charge in [-0.1, -0.05) is 19.4 Å². The third-order valence-corrected chi connectivity index (χ3v) is 8.16. The van der Waals surface area contributed by atoms with E-state index in [-0.39, 0.29) is 47.6 Å². The van der Waals surface area contributed by atoms with Gasteiger partial charge in [-0.3, -0.25) is 9.59 Å². The monoisotopic (exact) mass is 346 g/mol. The zero-order chi connectivity index (χ0) is 18.2. The summed E-state index contributed by atoms with van der Waals surface area (Å²) in [4.78, 5) is 36.8. The molecule has 0 radical (unpaired) electrons. The predicted octanol–water partition coefficient (Wildman–Crippen LogP) is 2.51. The molecule has 0 spiro atoms. The van der Waals surface area contributed by atoms with Gasteiger partial charge in [-0.25, -0.2) is 4.79 Å². The molecule has 5 nitrogen and oxygen atoms in total. The van der Waals surface area contributed by atoms with Gasteiger partial charge in [-0.2, -0.15) is 0 Å². The first kappa shape index (κ1) is 17.0. The summed E-state index contributed by atoms with van der Waals surface area (Å²) in [5.41, 5.74) is -1.87. The van der Waals surface area contributed by atoms with Gasteiger partial charge in [0.05, 0.1) is 0 Å². The molecule has 0 saturated heterocycles. The summed E-state index contributed by atoms with van der Waals surface area (Å²) < 4.78 is 0. The van der Waals surface area contributed by atoms with Crippen LogP contribution < -0.4 is 0 Å². The second-order valence-electron chi connectivity index (χ2n) is 9.10. The molecule has 4 aliphatic carbocycles. The molecule has 0 aliphatic heterocycles. The number of hydrogen-bond donors (Lipinski definition) is 2. The van der Waals surface area contributed by atoms with Crippen molar-refractivity contribution in [3.63, 3.8) is 0 Å². The van der Waals surface area contributed by atoms with Crippen molar-refractivity contribution in [2.45, 2.75) is 64.4 Å². The maximum Gasteiger partial charge on any atom is 0.336 e. The van der Waals surface area contributed by atoms with E-state index in [4.69, 9.17) is 0 Å². The van der Waals surface area contributed by atoms with E-state index in [1.54, 1.807) is 13.0 Å². The SMILES string of the molecule is CC12CCC(=O)C=C1CCC1C2C(=O)CC2(C)C1CCC2(O)C(=O)O. The Bertz CT molecular complexity index is 709. The Morgan fingerprint density at radius 3 is 2.56 bits per heavy atom. The minimum atomic E-state index is -1.81. The van der Waals surface area contributed by atoms with Crippen LogP contribution in [0.1, 0.15) is 58.8 Å². The fraction of sp³-hybridized carbons (Fsp3) is 0.750. The number of allylic oxidation sites excluding steroid dienone is 1. The molecule has 0 bridgehead atoms. The van der Waals surface area contributed by atoms with E-state index in [1.807, 2.05) is 0 Å². The number of aliphatic carboxylic acids is 1.